The topological polar surface area (TPSA) is 32.5 Å². The quantitative estimate of drug-likeness (QED) is 0.921. The third-order valence-corrected chi connectivity index (χ3v) is 4.77. The molecule has 1 saturated heterocycles. The number of hydrogen-bond donors (Lipinski definition) is 1. The standard InChI is InChI=1S/C19H27N3/c1-2-9-21-10-12-22(13-11-21)19(15-20)18-8-7-16-5-3-4-6-17(16)14-18/h3-8,14,19H,2,9-13,15,20H2,1H3. The zero-order chi connectivity index (χ0) is 15.4. The Bertz CT molecular complexity index is 602. The maximum atomic E-state index is 6.12. The van der Waals surface area contributed by atoms with E-state index in [1.54, 1.807) is 0 Å². The van der Waals surface area contributed by atoms with E-state index in [4.69, 9.17) is 5.73 Å². The lowest BCUT2D eigenvalue weighted by atomic mass is 10.00. The van der Waals surface area contributed by atoms with E-state index in [2.05, 4.69) is 59.2 Å². The van der Waals surface area contributed by atoms with Crippen LogP contribution in [0, 0.1) is 0 Å². The predicted octanol–water partition coefficient (Wildman–Crippen LogP) is 2.87. The summed E-state index contributed by atoms with van der Waals surface area (Å²) in [5.74, 6) is 0. The Labute approximate surface area is 133 Å². The molecule has 3 nitrogen and oxygen atoms in total. The van der Waals surface area contributed by atoms with Gasteiger partial charge >= 0.3 is 0 Å². The lowest BCUT2D eigenvalue weighted by molar-refractivity contribution is 0.0986. The summed E-state index contributed by atoms with van der Waals surface area (Å²) in [5, 5.41) is 2.61. The average molecular weight is 297 g/mol. The lowest BCUT2D eigenvalue weighted by Gasteiger charge is -2.39. The third-order valence-electron chi connectivity index (χ3n) is 4.77. The first kappa shape index (κ1) is 15.5. The predicted molar refractivity (Wildman–Crippen MR) is 94.0 cm³/mol. The van der Waals surface area contributed by atoms with Gasteiger partial charge in [0.1, 0.15) is 0 Å². The summed E-state index contributed by atoms with van der Waals surface area (Å²) in [6, 6.07) is 15.7. The molecule has 0 amide bonds. The van der Waals surface area contributed by atoms with Gasteiger partial charge in [-0.25, -0.2) is 0 Å². The molecule has 3 heteroatoms. The van der Waals surface area contributed by atoms with E-state index in [0.717, 1.165) is 26.2 Å². The molecule has 0 bridgehead atoms. The fraction of sp³-hybridized carbons (Fsp3) is 0.474. The molecule has 1 aliphatic heterocycles. The molecule has 0 radical (unpaired) electrons. The van der Waals surface area contributed by atoms with Gasteiger partial charge in [0.15, 0.2) is 0 Å². The molecule has 0 aliphatic carbocycles. The summed E-state index contributed by atoms with van der Waals surface area (Å²) in [5.41, 5.74) is 7.47. The molecular weight excluding hydrogens is 270 g/mol. The second-order valence-corrected chi connectivity index (χ2v) is 6.24. The van der Waals surface area contributed by atoms with Crippen molar-refractivity contribution < 1.29 is 0 Å². The van der Waals surface area contributed by atoms with Gasteiger partial charge in [0.2, 0.25) is 0 Å². The fourth-order valence-corrected chi connectivity index (χ4v) is 3.53. The highest BCUT2D eigenvalue weighted by molar-refractivity contribution is 5.83. The van der Waals surface area contributed by atoms with E-state index >= 15 is 0 Å². The molecule has 0 aromatic heterocycles. The maximum Gasteiger partial charge on any atom is 0.0471 e. The summed E-state index contributed by atoms with van der Waals surface area (Å²) in [7, 11) is 0. The Morgan fingerprint density at radius 3 is 2.41 bits per heavy atom. The molecule has 2 aromatic rings. The van der Waals surface area contributed by atoms with Gasteiger partial charge in [-0.15, -0.1) is 0 Å². The number of rotatable bonds is 5. The number of benzene rings is 2. The van der Waals surface area contributed by atoms with Crippen LogP contribution < -0.4 is 5.73 Å². The molecule has 2 aromatic carbocycles. The largest absolute Gasteiger partial charge is 0.329 e. The lowest BCUT2D eigenvalue weighted by Crippen LogP contribution is -2.49. The molecule has 0 spiro atoms. The van der Waals surface area contributed by atoms with Crippen LogP contribution in [0.3, 0.4) is 0 Å². The summed E-state index contributed by atoms with van der Waals surface area (Å²) >= 11 is 0. The highest BCUT2D eigenvalue weighted by Crippen LogP contribution is 2.25. The van der Waals surface area contributed by atoms with Crippen molar-refractivity contribution in [3.05, 3.63) is 48.0 Å². The summed E-state index contributed by atoms with van der Waals surface area (Å²) in [6.07, 6.45) is 1.24. The molecule has 1 atom stereocenters. The normalized spacial score (nSPS) is 18.6. The first-order chi connectivity index (χ1) is 10.8. The first-order valence-corrected chi connectivity index (χ1v) is 8.47. The van der Waals surface area contributed by atoms with E-state index < -0.39 is 0 Å². The Morgan fingerprint density at radius 2 is 1.73 bits per heavy atom. The molecule has 1 heterocycles. The monoisotopic (exact) mass is 297 g/mol. The van der Waals surface area contributed by atoms with E-state index in [0.29, 0.717) is 12.6 Å². The van der Waals surface area contributed by atoms with Crippen LogP contribution in [0.25, 0.3) is 10.8 Å². The maximum absolute atomic E-state index is 6.12. The molecule has 3 rings (SSSR count). The summed E-state index contributed by atoms with van der Waals surface area (Å²) < 4.78 is 0. The van der Waals surface area contributed by atoms with Crippen LogP contribution in [-0.4, -0.2) is 49.1 Å². The number of nitrogens with two attached hydrogens (primary N) is 1. The summed E-state index contributed by atoms with van der Waals surface area (Å²) in [6.45, 7) is 8.73. The van der Waals surface area contributed by atoms with Crippen LogP contribution in [0.15, 0.2) is 42.5 Å². The minimum Gasteiger partial charge on any atom is -0.329 e. The van der Waals surface area contributed by atoms with Crippen molar-refractivity contribution in [1.82, 2.24) is 9.80 Å². The zero-order valence-electron chi connectivity index (χ0n) is 13.5. The number of hydrogen-bond acceptors (Lipinski definition) is 3. The van der Waals surface area contributed by atoms with Crippen molar-refractivity contribution in [2.24, 2.45) is 5.73 Å². The number of piperazine rings is 1. The Hall–Kier alpha value is -1.42. The van der Waals surface area contributed by atoms with Crippen molar-refractivity contribution in [3.8, 4) is 0 Å². The molecule has 2 N–H and O–H groups in total. The zero-order valence-corrected chi connectivity index (χ0v) is 13.5. The van der Waals surface area contributed by atoms with E-state index in [1.165, 1.54) is 29.3 Å². The first-order valence-electron chi connectivity index (χ1n) is 8.47. The van der Waals surface area contributed by atoms with Gasteiger partial charge in [0.05, 0.1) is 0 Å². The van der Waals surface area contributed by atoms with Crippen molar-refractivity contribution in [2.75, 3.05) is 39.3 Å². The van der Waals surface area contributed by atoms with Gasteiger partial charge in [-0.05, 0) is 35.4 Å². The minimum absolute atomic E-state index is 0.341. The van der Waals surface area contributed by atoms with Crippen LogP contribution >= 0.6 is 0 Å². The van der Waals surface area contributed by atoms with Crippen LogP contribution in [0.2, 0.25) is 0 Å². The molecule has 22 heavy (non-hydrogen) atoms. The SMILES string of the molecule is CCCN1CCN(C(CN)c2ccc3ccccc3c2)CC1. The second-order valence-electron chi connectivity index (χ2n) is 6.24. The number of fused-ring (bicyclic) bond motifs is 1. The van der Waals surface area contributed by atoms with E-state index in [9.17, 15) is 0 Å². The van der Waals surface area contributed by atoms with E-state index in [-0.39, 0.29) is 0 Å². The average Bonchev–Trinajstić information content (AvgIpc) is 2.57. The van der Waals surface area contributed by atoms with Gasteiger partial charge in [-0.2, -0.15) is 0 Å². The molecule has 1 aliphatic rings. The van der Waals surface area contributed by atoms with Gasteiger partial charge in [0.25, 0.3) is 0 Å². The Kier molecular flexibility index (Phi) is 5.08. The van der Waals surface area contributed by atoms with Crippen LogP contribution in [-0.2, 0) is 0 Å². The van der Waals surface area contributed by atoms with Crippen LogP contribution in [0.1, 0.15) is 24.9 Å². The molecule has 0 saturated carbocycles. The minimum atomic E-state index is 0.341. The van der Waals surface area contributed by atoms with Gasteiger partial charge in [0, 0.05) is 38.8 Å². The Balaban J connectivity index is 1.75. The third kappa shape index (κ3) is 3.32. The van der Waals surface area contributed by atoms with Crippen molar-refractivity contribution in [2.45, 2.75) is 19.4 Å². The van der Waals surface area contributed by atoms with Crippen molar-refractivity contribution in [1.29, 1.82) is 0 Å². The summed E-state index contributed by atoms with van der Waals surface area (Å²) in [4.78, 5) is 5.11. The van der Waals surface area contributed by atoms with Crippen LogP contribution in [0.5, 0.6) is 0 Å². The molecule has 118 valence electrons. The highest BCUT2D eigenvalue weighted by Gasteiger charge is 2.23. The molecule has 1 unspecified atom stereocenters. The highest BCUT2D eigenvalue weighted by atomic mass is 15.3. The second kappa shape index (κ2) is 7.23. The van der Waals surface area contributed by atoms with Gasteiger partial charge in [-0.3, -0.25) is 4.90 Å². The Morgan fingerprint density at radius 1 is 1.00 bits per heavy atom. The smallest absolute Gasteiger partial charge is 0.0471 e. The fourth-order valence-electron chi connectivity index (χ4n) is 3.53. The van der Waals surface area contributed by atoms with E-state index in [1.807, 2.05) is 0 Å². The van der Waals surface area contributed by atoms with Gasteiger partial charge in [-0.1, -0.05) is 43.3 Å². The van der Waals surface area contributed by atoms with Crippen molar-refractivity contribution >= 4 is 10.8 Å². The molecule has 1 fully saturated rings. The van der Waals surface area contributed by atoms with Crippen molar-refractivity contribution in [3.63, 3.8) is 0 Å². The van der Waals surface area contributed by atoms with Gasteiger partial charge < -0.3 is 10.6 Å². The number of nitrogens with zero attached hydrogens (tertiary/aromatic N) is 2. The van der Waals surface area contributed by atoms with Crippen LogP contribution in [0.4, 0.5) is 0 Å². The molecular formula is C19H27N3.